The SMILES string of the molecule is CC(C)c1cc(-c2cc(-c3ccccn3)cc(-c3cc(C(C)(C)C)cc4sc(-c5ccccc5O)nc34)c2)cc(C(C)(C)C)c1. The van der Waals surface area contributed by atoms with Crippen LogP contribution in [0.2, 0.25) is 0 Å². The second-order valence-electron chi connectivity index (χ2n) is 14.4. The number of nitrogens with zero attached hydrogens (tertiary/aromatic N) is 2. The number of hydrogen-bond acceptors (Lipinski definition) is 4. The molecule has 0 spiro atoms. The van der Waals surface area contributed by atoms with Crippen LogP contribution in [-0.2, 0) is 10.8 Å². The first kappa shape index (κ1) is 30.7. The molecule has 0 aliphatic rings. The van der Waals surface area contributed by atoms with E-state index in [1.165, 1.54) is 22.3 Å². The van der Waals surface area contributed by atoms with Gasteiger partial charge in [0.25, 0.3) is 0 Å². The molecule has 0 fully saturated rings. The molecule has 0 bridgehead atoms. The van der Waals surface area contributed by atoms with Crippen LogP contribution in [0.3, 0.4) is 0 Å². The molecule has 6 rings (SSSR count). The minimum absolute atomic E-state index is 0.0221. The van der Waals surface area contributed by atoms with Gasteiger partial charge in [0, 0.05) is 17.3 Å². The molecule has 2 aromatic heterocycles. The molecule has 0 saturated carbocycles. The molecule has 0 unspecified atom stereocenters. The molecular weight excluding hydrogens is 569 g/mol. The number of pyridine rings is 1. The van der Waals surface area contributed by atoms with E-state index in [9.17, 15) is 5.11 Å². The molecule has 0 atom stereocenters. The fraction of sp³-hybridized carbons (Fsp3) is 0.268. The second-order valence-corrected chi connectivity index (χ2v) is 15.4. The summed E-state index contributed by atoms with van der Waals surface area (Å²) in [6, 6.07) is 32.0. The predicted octanol–water partition coefficient (Wildman–Crippen LogP) is 11.8. The Morgan fingerprint density at radius 2 is 1.29 bits per heavy atom. The molecule has 45 heavy (non-hydrogen) atoms. The zero-order chi connectivity index (χ0) is 32.1. The highest BCUT2D eigenvalue weighted by Gasteiger charge is 2.22. The van der Waals surface area contributed by atoms with Gasteiger partial charge in [0.1, 0.15) is 10.8 Å². The van der Waals surface area contributed by atoms with Crippen molar-refractivity contribution in [3.8, 4) is 49.8 Å². The second kappa shape index (κ2) is 11.6. The van der Waals surface area contributed by atoms with Gasteiger partial charge in [-0.2, -0.15) is 0 Å². The fourth-order valence-electron chi connectivity index (χ4n) is 5.67. The number of fused-ring (bicyclic) bond motifs is 1. The number of hydrogen-bond donors (Lipinski definition) is 1. The highest BCUT2D eigenvalue weighted by atomic mass is 32.1. The number of benzene rings is 4. The monoisotopic (exact) mass is 610 g/mol. The van der Waals surface area contributed by atoms with E-state index in [1.807, 2.05) is 36.5 Å². The van der Waals surface area contributed by atoms with Gasteiger partial charge in [0.15, 0.2) is 0 Å². The van der Waals surface area contributed by atoms with E-state index in [4.69, 9.17) is 9.97 Å². The summed E-state index contributed by atoms with van der Waals surface area (Å²) in [4.78, 5) is 9.93. The van der Waals surface area contributed by atoms with E-state index >= 15 is 0 Å². The highest BCUT2D eigenvalue weighted by molar-refractivity contribution is 7.21. The minimum atomic E-state index is -0.0589. The molecule has 4 aromatic carbocycles. The third-order valence-corrected chi connectivity index (χ3v) is 9.56. The van der Waals surface area contributed by atoms with E-state index in [2.05, 4.69) is 110 Å². The van der Waals surface area contributed by atoms with Crippen molar-refractivity contribution in [1.82, 2.24) is 9.97 Å². The topological polar surface area (TPSA) is 46.0 Å². The molecule has 4 heteroatoms. The molecule has 0 radical (unpaired) electrons. The molecule has 0 aliphatic carbocycles. The molecular formula is C41H42N2OS. The maximum Gasteiger partial charge on any atom is 0.128 e. The number of phenols is 1. The lowest BCUT2D eigenvalue weighted by Crippen LogP contribution is -2.12. The van der Waals surface area contributed by atoms with Crippen molar-refractivity contribution in [2.24, 2.45) is 0 Å². The summed E-state index contributed by atoms with van der Waals surface area (Å²) in [6.07, 6.45) is 1.86. The summed E-state index contributed by atoms with van der Waals surface area (Å²) < 4.78 is 1.11. The third-order valence-electron chi connectivity index (χ3n) is 8.52. The van der Waals surface area contributed by atoms with Gasteiger partial charge in [0.05, 0.1) is 21.5 Å². The molecule has 0 amide bonds. The Morgan fingerprint density at radius 3 is 1.96 bits per heavy atom. The summed E-state index contributed by atoms with van der Waals surface area (Å²) in [6.45, 7) is 18.1. The van der Waals surface area contributed by atoms with Crippen molar-refractivity contribution in [2.75, 3.05) is 0 Å². The van der Waals surface area contributed by atoms with Crippen LogP contribution in [-0.4, -0.2) is 15.1 Å². The number of phenolic OH excluding ortho intramolecular Hbond substituents is 1. The number of para-hydroxylation sites is 1. The van der Waals surface area contributed by atoms with Crippen LogP contribution in [0.5, 0.6) is 5.75 Å². The van der Waals surface area contributed by atoms with E-state index in [1.54, 1.807) is 17.4 Å². The molecule has 0 aliphatic heterocycles. The number of rotatable bonds is 5. The zero-order valence-corrected chi connectivity index (χ0v) is 28.4. The molecule has 2 heterocycles. The van der Waals surface area contributed by atoms with Gasteiger partial charge >= 0.3 is 0 Å². The zero-order valence-electron chi connectivity index (χ0n) is 27.6. The normalized spacial score (nSPS) is 12.3. The van der Waals surface area contributed by atoms with E-state index in [-0.39, 0.29) is 16.6 Å². The summed E-state index contributed by atoms with van der Waals surface area (Å²) in [5.74, 6) is 0.656. The third kappa shape index (κ3) is 6.30. The Labute approximate surface area is 271 Å². The first-order valence-electron chi connectivity index (χ1n) is 15.7. The van der Waals surface area contributed by atoms with Crippen LogP contribution in [0.1, 0.15) is 78.0 Å². The van der Waals surface area contributed by atoms with Gasteiger partial charge in [-0.25, -0.2) is 4.98 Å². The van der Waals surface area contributed by atoms with Crippen molar-refractivity contribution >= 4 is 21.6 Å². The Balaban J connectivity index is 1.65. The first-order chi connectivity index (χ1) is 21.3. The van der Waals surface area contributed by atoms with Crippen LogP contribution in [0.4, 0.5) is 0 Å². The lowest BCUT2D eigenvalue weighted by atomic mass is 9.82. The highest BCUT2D eigenvalue weighted by Crippen LogP contribution is 2.43. The van der Waals surface area contributed by atoms with Crippen LogP contribution in [0.15, 0.2) is 97.2 Å². The van der Waals surface area contributed by atoms with Crippen molar-refractivity contribution in [1.29, 1.82) is 0 Å². The quantitative estimate of drug-likeness (QED) is 0.211. The van der Waals surface area contributed by atoms with Crippen LogP contribution in [0, 0.1) is 0 Å². The van der Waals surface area contributed by atoms with Gasteiger partial charge in [0.2, 0.25) is 0 Å². The smallest absolute Gasteiger partial charge is 0.128 e. The van der Waals surface area contributed by atoms with E-state index in [0.29, 0.717) is 5.92 Å². The standard InChI is InChI=1S/C41H42N2OS/c1-25(2)26-17-28(22-31(21-26)40(3,4)5)27-18-29(20-30(19-27)35-14-11-12-16-42-35)34-23-32(41(6,7)8)24-37-38(34)43-39(45-37)33-13-9-10-15-36(33)44/h9-25,44H,1-8H3. The van der Waals surface area contributed by atoms with Gasteiger partial charge in [-0.3, -0.25) is 4.98 Å². The molecule has 1 N–H and O–H groups in total. The largest absolute Gasteiger partial charge is 0.507 e. The van der Waals surface area contributed by atoms with Crippen molar-refractivity contribution in [3.05, 3.63) is 114 Å². The lowest BCUT2D eigenvalue weighted by molar-refractivity contribution is 0.477. The van der Waals surface area contributed by atoms with E-state index < -0.39 is 0 Å². The van der Waals surface area contributed by atoms with Gasteiger partial charge in [-0.1, -0.05) is 91.8 Å². The Morgan fingerprint density at radius 1 is 0.644 bits per heavy atom. The van der Waals surface area contributed by atoms with Gasteiger partial charge < -0.3 is 5.11 Å². The summed E-state index contributed by atoms with van der Waals surface area (Å²) in [5, 5.41) is 11.5. The first-order valence-corrected chi connectivity index (χ1v) is 16.6. The van der Waals surface area contributed by atoms with Crippen molar-refractivity contribution in [3.63, 3.8) is 0 Å². The van der Waals surface area contributed by atoms with Crippen molar-refractivity contribution < 1.29 is 5.11 Å². The van der Waals surface area contributed by atoms with Crippen LogP contribution >= 0.6 is 11.3 Å². The maximum atomic E-state index is 10.7. The fourth-order valence-corrected chi connectivity index (χ4v) is 6.73. The average molecular weight is 611 g/mol. The summed E-state index contributed by atoms with van der Waals surface area (Å²) in [7, 11) is 0. The number of thiazole rings is 1. The van der Waals surface area contributed by atoms with E-state index in [0.717, 1.165) is 48.7 Å². The lowest BCUT2D eigenvalue weighted by Gasteiger charge is -2.23. The molecule has 6 aromatic rings. The van der Waals surface area contributed by atoms with Crippen LogP contribution < -0.4 is 0 Å². The number of aromatic hydroxyl groups is 1. The van der Waals surface area contributed by atoms with Gasteiger partial charge in [-0.05, 0) is 105 Å². The molecule has 3 nitrogen and oxygen atoms in total. The molecule has 228 valence electrons. The molecule has 0 saturated heterocycles. The minimum Gasteiger partial charge on any atom is -0.507 e. The predicted molar refractivity (Wildman–Crippen MR) is 192 cm³/mol. The Hall–Kier alpha value is -4.28. The number of aromatic nitrogens is 2. The maximum absolute atomic E-state index is 10.7. The summed E-state index contributed by atoms with van der Waals surface area (Å²) in [5.41, 5.74) is 12.2. The Bertz CT molecular complexity index is 2010. The Kier molecular flexibility index (Phi) is 7.91. The van der Waals surface area contributed by atoms with Crippen LogP contribution in [0.25, 0.3) is 54.3 Å². The average Bonchev–Trinajstić information content (AvgIpc) is 3.44. The summed E-state index contributed by atoms with van der Waals surface area (Å²) >= 11 is 1.63. The van der Waals surface area contributed by atoms with Gasteiger partial charge in [-0.15, -0.1) is 11.3 Å². The van der Waals surface area contributed by atoms with Crippen molar-refractivity contribution in [2.45, 2.75) is 72.1 Å².